The fraction of sp³-hybridized carbons (Fsp3) is 0.214. The number of hydrogen-bond acceptors (Lipinski definition) is 3. The number of H-pyrrole nitrogens is 1. The van der Waals surface area contributed by atoms with Crippen LogP contribution >= 0.6 is 23.2 Å². The molecule has 0 aliphatic carbocycles. The van der Waals surface area contributed by atoms with Crippen LogP contribution in [0.5, 0.6) is 5.75 Å². The van der Waals surface area contributed by atoms with E-state index in [2.05, 4.69) is 10.3 Å². The highest BCUT2D eigenvalue weighted by atomic mass is 35.5. The van der Waals surface area contributed by atoms with Gasteiger partial charge in [0.05, 0.1) is 30.0 Å². The van der Waals surface area contributed by atoms with E-state index in [1.807, 2.05) is 0 Å². The molecule has 0 fully saturated rings. The molecule has 4 aromatic rings. The standard InChI is InChI=1S/C28H23Cl2F3N2O4/c1-39-19-8-6-15(7-9-19)24(21-14-35-26-20(21)12-18(29)13-22(26)30)25(28(31,32)33)16-2-4-17(5-3-16)27(38)34-11-10-23(36)37/h2-9,12-14,24-25,35H,10-11H2,1H3,(H,34,38)(H,36,37). The maximum absolute atomic E-state index is 14.9. The fourth-order valence-corrected chi connectivity index (χ4v) is 5.14. The van der Waals surface area contributed by atoms with Gasteiger partial charge in [-0.15, -0.1) is 0 Å². The van der Waals surface area contributed by atoms with Crippen LogP contribution in [-0.2, 0) is 4.79 Å². The Morgan fingerprint density at radius 1 is 1.03 bits per heavy atom. The molecule has 4 rings (SSSR count). The largest absolute Gasteiger partial charge is 0.497 e. The molecule has 11 heteroatoms. The van der Waals surface area contributed by atoms with Crippen LogP contribution in [0, 0.1) is 0 Å². The molecule has 3 N–H and O–H groups in total. The number of ether oxygens (including phenoxy) is 1. The van der Waals surface area contributed by atoms with E-state index >= 15 is 0 Å². The van der Waals surface area contributed by atoms with Gasteiger partial charge in [-0.2, -0.15) is 13.2 Å². The lowest BCUT2D eigenvalue weighted by Gasteiger charge is -2.30. The topological polar surface area (TPSA) is 91.4 Å². The molecule has 2 unspecified atom stereocenters. The van der Waals surface area contributed by atoms with Crippen molar-refractivity contribution in [3.05, 3.63) is 99.2 Å². The lowest BCUT2D eigenvalue weighted by molar-refractivity contribution is -0.153. The number of nitrogens with one attached hydrogen (secondary N) is 2. The number of benzene rings is 3. The zero-order chi connectivity index (χ0) is 28.3. The summed E-state index contributed by atoms with van der Waals surface area (Å²) < 4.78 is 49.9. The van der Waals surface area contributed by atoms with Gasteiger partial charge in [0.1, 0.15) is 5.75 Å². The first kappa shape index (κ1) is 28.3. The Morgan fingerprint density at radius 2 is 1.67 bits per heavy atom. The van der Waals surface area contributed by atoms with E-state index in [0.29, 0.717) is 27.8 Å². The van der Waals surface area contributed by atoms with Crippen molar-refractivity contribution in [2.24, 2.45) is 0 Å². The Kier molecular flexibility index (Phi) is 8.42. The van der Waals surface area contributed by atoms with Gasteiger partial charge in [0.25, 0.3) is 5.91 Å². The number of aromatic amines is 1. The average molecular weight is 579 g/mol. The van der Waals surface area contributed by atoms with Crippen LogP contribution in [0.3, 0.4) is 0 Å². The SMILES string of the molecule is COc1ccc(C(c2c[nH]c3c(Cl)cc(Cl)cc23)C(c2ccc(C(=O)NCCC(=O)O)cc2)C(F)(F)F)cc1. The molecular weight excluding hydrogens is 556 g/mol. The predicted octanol–water partition coefficient (Wildman–Crippen LogP) is 7.17. The number of carboxylic acid groups (broad SMARTS) is 1. The van der Waals surface area contributed by atoms with Crippen LogP contribution in [0.15, 0.2) is 66.9 Å². The number of alkyl halides is 3. The summed E-state index contributed by atoms with van der Waals surface area (Å²) in [5.74, 6) is -4.40. The van der Waals surface area contributed by atoms with Gasteiger partial charge in [-0.25, -0.2) is 0 Å². The van der Waals surface area contributed by atoms with Crippen LogP contribution in [0.4, 0.5) is 13.2 Å². The van der Waals surface area contributed by atoms with Crippen LogP contribution in [0.25, 0.3) is 10.9 Å². The number of fused-ring (bicyclic) bond motifs is 1. The van der Waals surface area contributed by atoms with E-state index in [-0.39, 0.29) is 34.1 Å². The summed E-state index contributed by atoms with van der Waals surface area (Å²) in [6.45, 7) is -0.105. The predicted molar refractivity (Wildman–Crippen MR) is 143 cm³/mol. The molecule has 0 aliphatic heterocycles. The summed E-state index contributed by atoms with van der Waals surface area (Å²) in [6, 6.07) is 14.5. The minimum atomic E-state index is -4.69. The van der Waals surface area contributed by atoms with Gasteiger partial charge < -0.3 is 20.1 Å². The van der Waals surface area contributed by atoms with Crippen molar-refractivity contribution in [1.82, 2.24) is 10.3 Å². The number of carbonyl (C=O) groups is 2. The van der Waals surface area contributed by atoms with Crippen molar-refractivity contribution in [2.75, 3.05) is 13.7 Å². The second-order valence-corrected chi connectivity index (χ2v) is 9.69. The molecule has 3 aromatic carbocycles. The Balaban J connectivity index is 1.82. The molecule has 1 aromatic heterocycles. The Labute approximate surface area is 231 Å². The van der Waals surface area contributed by atoms with Gasteiger partial charge in [-0.05, 0) is 53.1 Å². The molecular formula is C28H23Cl2F3N2O4. The van der Waals surface area contributed by atoms with Crippen LogP contribution < -0.4 is 10.1 Å². The molecule has 1 heterocycles. The second kappa shape index (κ2) is 11.6. The summed E-state index contributed by atoms with van der Waals surface area (Å²) >= 11 is 12.6. The number of amides is 1. The van der Waals surface area contributed by atoms with E-state index in [4.69, 9.17) is 33.0 Å². The first-order valence-electron chi connectivity index (χ1n) is 11.8. The van der Waals surface area contributed by atoms with E-state index in [1.54, 1.807) is 30.3 Å². The Morgan fingerprint density at radius 3 is 2.26 bits per heavy atom. The number of aliphatic carboxylic acids is 1. The Hall–Kier alpha value is -3.69. The lowest BCUT2D eigenvalue weighted by Crippen LogP contribution is -2.28. The molecule has 0 saturated carbocycles. The zero-order valence-electron chi connectivity index (χ0n) is 20.5. The quantitative estimate of drug-likeness (QED) is 0.196. The highest BCUT2D eigenvalue weighted by Crippen LogP contribution is 2.50. The smallest absolute Gasteiger partial charge is 0.396 e. The second-order valence-electron chi connectivity index (χ2n) is 8.85. The van der Waals surface area contributed by atoms with E-state index < -0.39 is 29.9 Å². The van der Waals surface area contributed by atoms with Crippen molar-refractivity contribution in [1.29, 1.82) is 0 Å². The molecule has 0 spiro atoms. The molecule has 39 heavy (non-hydrogen) atoms. The zero-order valence-corrected chi connectivity index (χ0v) is 22.0. The monoisotopic (exact) mass is 578 g/mol. The number of hydrogen-bond donors (Lipinski definition) is 3. The number of carboxylic acids is 1. The van der Waals surface area contributed by atoms with Crippen LogP contribution in [-0.4, -0.2) is 41.8 Å². The highest BCUT2D eigenvalue weighted by Gasteiger charge is 2.47. The minimum absolute atomic E-state index is 0.0621. The first-order chi connectivity index (χ1) is 18.5. The minimum Gasteiger partial charge on any atom is -0.497 e. The van der Waals surface area contributed by atoms with Gasteiger partial charge in [0.15, 0.2) is 0 Å². The summed E-state index contributed by atoms with van der Waals surface area (Å²) in [6.07, 6.45) is -3.46. The highest BCUT2D eigenvalue weighted by molar-refractivity contribution is 6.38. The molecule has 204 valence electrons. The first-order valence-corrected chi connectivity index (χ1v) is 12.5. The molecule has 1 amide bonds. The van der Waals surface area contributed by atoms with Gasteiger partial charge in [0.2, 0.25) is 0 Å². The van der Waals surface area contributed by atoms with Crippen molar-refractivity contribution >= 4 is 46.0 Å². The summed E-state index contributed by atoms with van der Waals surface area (Å²) in [7, 11) is 1.47. The molecule has 0 aliphatic rings. The third-order valence-electron chi connectivity index (χ3n) is 6.39. The van der Waals surface area contributed by atoms with E-state index in [0.717, 1.165) is 0 Å². The van der Waals surface area contributed by atoms with E-state index in [9.17, 15) is 22.8 Å². The summed E-state index contributed by atoms with van der Waals surface area (Å²) in [5.41, 5.74) is 1.23. The van der Waals surface area contributed by atoms with Crippen molar-refractivity contribution in [3.8, 4) is 5.75 Å². The van der Waals surface area contributed by atoms with Gasteiger partial charge in [-0.1, -0.05) is 47.5 Å². The molecule has 0 radical (unpaired) electrons. The van der Waals surface area contributed by atoms with Crippen molar-refractivity contribution < 1.29 is 32.6 Å². The molecule has 2 atom stereocenters. The average Bonchev–Trinajstić information content (AvgIpc) is 3.30. The maximum Gasteiger partial charge on any atom is 0.396 e. The number of aromatic nitrogens is 1. The number of rotatable bonds is 9. The fourth-order valence-electron chi connectivity index (χ4n) is 4.59. The lowest BCUT2D eigenvalue weighted by atomic mass is 9.76. The molecule has 0 saturated heterocycles. The van der Waals surface area contributed by atoms with Crippen molar-refractivity contribution in [2.45, 2.75) is 24.4 Å². The molecule has 6 nitrogen and oxygen atoms in total. The number of halogens is 5. The number of methoxy groups -OCH3 is 1. The maximum atomic E-state index is 14.9. The van der Waals surface area contributed by atoms with Crippen LogP contribution in [0.1, 0.15) is 45.3 Å². The van der Waals surface area contributed by atoms with Crippen molar-refractivity contribution in [3.63, 3.8) is 0 Å². The van der Waals surface area contributed by atoms with Gasteiger partial charge in [-0.3, -0.25) is 9.59 Å². The summed E-state index contributed by atoms with van der Waals surface area (Å²) in [4.78, 5) is 26.0. The van der Waals surface area contributed by atoms with Gasteiger partial charge >= 0.3 is 12.1 Å². The molecule has 0 bridgehead atoms. The normalized spacial score (nSPS) is 13.2. The Bertz CT molecular complexity index is 1490. The van der Waals surface area contributed by atoms with Crippen LogP contribution in [0.2, 0.25) is 10.0 Å². The number of carbonyl (C=O) groups excluding carboxylic acids is 1. The van der Waals surface area contributed by atoms with E-state index in [1.165, 1.54) is 43.6 Å². The summed E-state index contributed by atoms with van der Waals surface area (Å²) in [5, 5.41) is 12.2. The van der Waals surface area contributed by atoms with Gasteiger partial charge in [0, 0.05) is 34.6 Å². The third kappa shape index (κ3) is 6.32. The third-order valence-corrected chi connectivity index (χ3v) is 6.91.